The van der Waals surface area contributed by atoms with Gasteiger partial charge in [0.15, 0.2) is 0 Å². The molecule has 1 aromatic rings. The predicted molar refractivity (Wildman–Crippen MR) is 61.1 cm³/mol. The summed E-state index contributed by atoms with van der Waals surface area (Å²) < 4.78 is 13.1. The maximum absolute atomic E-state index is 13.1. The Bertz CT molecular complexity index is 419. The number of nitrogen functional groups attached to an aromatic ring is 1. The summed E-state index contributed by atoms with van der Waals surface area (Å²) in [6.07, 6.45) is 2.37. The van der Waals surface area contributed by atoms with Gasteiger partial charge in [0, 0.05) is 6.54 Å². The topological polar surface area (TPSA) is 75.3 Å². The van der Waals surface area contributed by atoms with Crippen molar-refractivity contribution in [1.82, 2.24) is 0 Å². The fraction of sp³-hybridized carbons (Fsp3) is 0.182. The summed E-state index contributed by atoms with van der Waals surface area (Å²) in [5.41, 5.74) is 5.10. The van der Waals surface area contributed by atoms with Gasteiger partial charge in [-0.1, -0.05) is 6.08 Å². The first-order valence-corrected chi connectivity index (χ1v) is 4.74. The first kappa shape index (κ1) is 12.0. The highest BCUT2D eigenvalue weighted by molar-refractivity contribution is 6.00. The van der Waals surface area contributed by atoms with Crippen LogP contribution < -0.4 is 11.1 Å². The Hall–Kier alpha value is -2.04. The Morgan fingerprint density at radius 3 is 2.88 bits per heavy atom. The van der Waals surface area contributed by atoms with Crippen molar-refractivity contribution < 1.29 is 14.3 Å². The number of carboxylic acid groups (broad SMARTS) is 1. The second-order valence-electron chi connectivity index (χ2n) is 3.19. The van der Waals surface area contributed by atoms with Gasteiger partial charge >= 0.3 is 5.97 Å². The number of anilines is 2. The highest BCUT2D eigenvalue weighted by Gasteiger charge is 2.16. The molecule has 0 radical (unpaired) electrons. The summed E-state index contributed by atoms with van der Waals surface area (Å²) in [7, 11) is 0. The highest BCUT2D eigenvalue weighted by atomic mass is 19.1. The lowest BCUT2D eigenvalue weighted by molar-refractivity contribution is 0.0698. The number of hydrogen-bond acceptors (Lipinski definition) is 3. The molecule has 0 saturated carbocycles. The van der Waals surface area contributed by atoms with Crippen LogP contribution >= 0.6 is 0 Å². The van der Waals surface area contributed by atoms with Gasteiger partial charge in [-0.05, 0) is 18.6 Å². The van der Waals surface area contributed by atoms with Gasteiger partial charge in [0.05, 0.1) is 11.4 Å². The minimum Gasteiger partial charge on any atom is -0.478 e. The predicted octanol–water partition coefficient (Wildman–Crippen LogP) is 2.09. The van der Waals surface area contributed by atoms with Gasteiger partial charge < -0.3 is 16.2 Å². The zero-order valence-corrected chi connectivity index (χ0v) is 8.66. The van der Waals surface area contributed by atoms with Gasteiger partial charge in [-0.25, -0.2) is 9.18 Å². The molecule has 0 bridgehead atoms. The largest absolute Gasteiger partial charge is 0.478 e. The average molecular weight is 224 g/mol. The molecule has 0 aliphatic carbocycles. The number of hydrogen-bond donors (Lipinski definition) is 3. The Kier molecular flexibility index (Phi) is 3.88. The molecule has 1 rings (SSSR count). The SMILES string of the molecule is C=CCCNc1ccc(F)c(N)c1C(=O)O. The van der Waals surface area contributed by atoms with E-state index in [2.05, 4.69) is 11.9 Å². The number of nitrogens with two attached hydrogens (primary N) is 1. The third kappa shape index (κ3) is 2.50. The number of halogens is 1. The molecule has 1 aromatic carbocycles. The van der Waals surface area contributed by atoms with Crippen molar-refractivity contribution in [1.29, 1.82) is 0 Å². The molecular formula is C11H13FN2O2. The Labute approximate surface area is 92.6 Å². The summed E-state index contributed by atoms with van der Waals surface area (Å²) in [4.78, 5) is 10.9. The van der Waals surface area contributed by atoms with Crippen LogP contribution in [0.15, 0.2) is 24.8 Å². The Balaban J connectivity index is 3.03. The molecule has 0 aromatic heterocycles. The Morgan fingerprint density at radius 1 is 1.62 bits per heavy atom. The van der Waals surface area contributed by atoms with Crippen LogP contribution in [0.1, 0.15) is 16.8 Å². The Morgan fingerprint density at radius 2 is 2.31 bits per heavy atom. The van der Waals surface area contributed by atoms with Crippen molar-refractivity contribution in [3.05, 3.63) is 36.2 Å². The summed E-state index contributed by atoms with van der Waals surface area (Å²) in [6.45, 7) is 4.06. The van der Waals surface area contributed by atoms with E-state index in [9.17, 15) is 9.18 Å². The first-order chi connectivity index (χ1) is 7.57. The van der Waals surface area contributed by atoms with Gasteiger partial charge in [-0.15, -0.1) is 6.58 Å². The number of aromatic carboxylic acids is 1. The first-order valence-electron chi connectivity index (χ1n) is 4.74. The number of carbonyl (C=O) groups is 1. The molecule has 5 heteroatoms. The van der Waals surface area contributed by atoms with E-state index in [1.165, 1.54) is 6.07 Å². The van der Waals surface area contributed by atoms with Crippen molar-refractivity contribution in [3.8, 4) is 0 Å². The van der Waals surface area contributed by atoms with Gasteiger partial charge in [0.1, 0.15) is 11.4 Å². The van der Waals surface area contributed by atoms with Crippen molar-refractivity contribution in [2.24, 2.45) is 0 Å². The maximum Gasteiger partial charge on any atom is 0.340 e. The molecule has 0 spiro atoms. The van der Waals surface area contributed by atoms with Gasteiger partial charge in [0.2, 0.25) is 0 Å². The standard InChI is InChI=1S/C11H13FN2O2/c1-2-3-6-14-8-5-4-7(12)10(13)9(8)11(15)16/h2,4-5,14H,1,3,6,13H2,(H,15,16). The summed E-state index contributed by atoms with van der Waals surface area (Å²) in [5, 5.41) is 11.8. The molecule has 86 valence electrons. The molecule has 4 N–H and O–H groups in total. The third-order valence-electron chi connectivity index (χ3n) is 2.07. The van der Waals surface area contributed by atoms with Crippen molar-refractivity contribution in [3.63, 3.8) is 0 Å². The smallest absolute Gasteiger partial charge is 0.340 e. The van der Waals surface area contributed by atoms with E-state index >= 15 is 0 Å². The van der Waals surface area contributed by atoms with Crippen LogP contribution in [0.3, 0.4) is 0 Å². The van der Waals surface area contributed by atoms with Crippen LogP contribution in [0.2, 0.25) is 0 Å². The molecule has 0 amide bonds. The molecule has 16 heavy (non-hydrogen) atoms. The highest BCUT2D eigenvalue weighted by Crippen LogP contribution is 2.25. The lowest BCUT2D eigenvalue weighted by Gasteiger charge is -2.11. The van der Waals surface area contributed by atoms with E-state index < -0.39 is 11.8 Å². The van der Waals surface area contributed by atoms with Crippen molar-refractivity contribution in [2.75, 3.05) is 17.6 Å². The summed E-state index contributed by atoms with van der Waals surface area (Å²) >= 11 is 0. The molecule has 0 atom stereocenters. The lowest BCUT2D eigenvalue weighted by Crippen LogP contribution is -2.11. The molecule has 4 nitrogen and oxygen atoms in total. The fourth-order valence-corrected chi connectivity index (χ4v) is 1.28. The average Bonchev–Trinajstić information content (AvgIpc) is 2.23. The zero-order chi connectivity index (χ0) is 12.1. The van der Waals surface area contributed by atoms with E-state index in [-0.39, 0.29) is 11.3 Å². The third-order valence-corrected chi connectivity index (χ3v) is 2.07. The van der Waals surface area contributed by atoms with Crippen molar-refractivity contribution >= 4 is 17.3 Å². The van der Waals surface area contributed by atoms with E-state index in [0.717, 1.165) is 6.07 Å². The molecular weight excluding hydrogens is 211 g/mol. The fourth-order valence-electron chi connectivity index (χ4n) is 1.28. The number of nitrogens with one attached hydrogen (secondary N) is 1. The number of rotatable bonds is 5. The minimum absolute atomic E-state index is 0.232. The van der Waals surface area contributed by atoms with Crippen LogP contribution in [-0.4, -0.2) is 17.6 Å². The number of carboxylic acids is 1. The van der Waals surface area contributed by atoms with Crippen LogP contribution in [0.4, 0.5) is 15.8 Å². The van der Waals surface area contributed by atoms with Crippen LogP contribution in [0, 0.1) is 5.82 Å². The van der Waals surface area contributed by atoms with Crippen molar-refractivity contribution in [2.45, 2.75) is 6.42 Å². The molecule has 0 aliphatic heterocycles. The van der Waals surface area contributed by atoms with Gasteiger partial charge in [-0.3, -0.25) is 0 Å². The molecule has 0 aliphatic rings. The minimum atomic E-state index is -1.25. The van der Waals surface area contributed by atoms with Gasteiger partial charge in [-0.2, -0.15) is 0 Å². The normalized spacial score (nSPS) is 9.81. The molecule has 0 heterocycles. The maximum atomic E-state index is 13.1. The van der Waals surface area contributed by atoms with Crippen LogP contribution in [-0.2, 0) is 0 Å². The van der Waals surface area contributed by atoms with E-state index in [1.54, 1.807) is 6.08 Å². The summed E-state index contributed by atoms with van der Waals surface area (Å²) in [5.74, 6) is -1.98. The number of benzene rings is 1. The van der Waals surface area contributed by atoms with E-state index in [4.69, 9.17) is 10.8 Å². The zero-order valence-electron chi connectivity index (χ0n) is 8.66. The monoisotopic (exact) mass is 224 g/mol. The van der Waals surface area contributed by atoms with Crippen LogP contribution in [0.25, 0.3) is 0 Å². The molecule has 0 unspecified atom stereocenters. The molecule has 0 saturated heterocycles. The van der Waals surface area contributed by atoms with E-state index in [0.29, 0.717) is 18.7 Å². The van der Waals surface area contributed by atoms with E-state index in [1.807, 2.05) is 0 Å². The lowest BCUT2D eigenvalue weighted by atomic mass is 10.1. The second-order valence-corrected chi connectivity index (χ2v) is 3.19. The van der Waals surface area contributed by atoms with Gasteiger partial charge in [0.25, 0.3) is 0 Å². The van der Waals surface area contributed by atoms with Crippen LogP contribution in [0.5, 0.6) is 0 Å². The second kappa shape index (κ2) is 5.16. The molecule has 0 fully saturated rings. The summed E-state index contributed by atoms with van der Waals surface area (Å²) in [6, 6.07) is 2.50. The quantitative estimate of drug-likeness (QED) is 0.406.